The number of hydrazone groups is 1. The third-order valence-electron chi connectivity index (χ3n) is 5.17. The molecule has 1 heterocycles. The van der Waals surface area contributed by atoms with E-state index in [-0.39, 0.29) is 28.9 Å². The number of nitrogens with one attached hydrogen (secondary N) is 2. The van der Waals surface area contributed by atoms with Gasteiger partial charge in [0.2, 0.25) is 0 Å². The van der Waals surface area contributed by atoms with Crippen molar-refractivity contribution in [1.29, 1.82) is 5.41 Å². The van der Waals surface area contributed by atoms with E-state index in [0.29, 0.717) is 25.2 Å². The number of amides is 1. The van der Waals surface area contributed by atoms with E-state index in [2.05, 4.69) is 10.4 Å². The van der Waals surface area contributed by atoms with Crippen molar-refractivity contribution in [3.05, 3.63) is 71.3 Å². The summed E-state index contributed by atoms with van der Waals surface area (Å²) in [5, 5.41) is 16.6. The van der Waals surface area contributed by atoms with Crippen LogP contribution in [0.2, 0.25) is 0 Å². The van der Waals surface area contributed by atoms with Gasteiger partial charge in [0.05, 0.1) is 5.84 Å². The number of benzene rings is 2. The molecule has 0 bridgehead atoms. The third kappa shape index (κ3) is 5.90. The molecule has 6 nitrogen and oxygen atoms in total. The molecule has 2 atom stereocenters. The minimum atomic E-state index is -0.975. The normalized spacial score (nSPS) is 18.3. The van der Waals surface area contributed by atoms with E-state index in [9.17, 15) is 13.6 Å². The summed E-state index contributed by atoms with van der Waals surface area (Å²) >= 11 is 1.22. The van der Waals surface area contributed by atoms with Crippen LogP contribution in [-0.2, 0) is 14.4 Å². The lowest BCUT2D eigenvalue weighted by atomic mass is 9.99. The van der Waals surface area contributed by atoms with Gasteiger partial charge in [-0.1, -0.05) is 42.1 Å². The number of carbonyl (C=O) groups is 1. The maximum absolute atomic E-state index is 14.6. The molecule has 2 aromatic rings. The van der Waals surface area contributed by atoms with Gasteiger partial charge in [-0.3, -0.25) is 10.2 Å². The van der Waals surface area contributed by atoms with Crippen molar-refractivity contribution in [3.8, 4) is 0 Å². The van der Waals surface area contributed by atoms with Gasteiger partial charge in [0.15, 0.2) is 0 Å². The van der Waals surface area contributed by atoms with Crippen molar-refractivity contribution in [1.82, 2.24) is 10.3 Å². The summed E-state index contributed by atoms with van der Waals surface area (Å²) in [5.41, 5.74) is 0.813. The Hall–Kier alpha value is -2.49. The molecule has 0 saturated heterocycles. The van der Waals surface area contributed by atoms with Crippen LogP contribution in [0.5, 0.6) is 0 Å². The lowest BCUT2D eigenvalue weighted by Gasteiger charge is -2.37. The van der Waals surface area contributed by atoms with Gasteiger partial charge >= 0.3 is 0 Å². The molecule has 1 amide bonds. The lowest BCUT2D eigenvalue weighted by Crippen LogP contribution is -2.46. The fourth-order valence-electron chi connectivity index (χ4n) is 3.45. The summed E-state index contributed by atoms with van der Waals surface area (Å²) < 4.78 is 33.8. The van der Waals surface area contributed by atoms with Crippen LogP contribution < -0.4 is 5.32 Å². The van der Waals surface area contributed by atoms with Gasteiger partial charge in [-0.2, -0.15) is 5.10 Å². The zero-order valence-electron chi connectivity index (χ0n) is 18.6. The van der Waals surface area contributed by atoms with E-state index in [0.717, 1.165) is 23.8 Å². The second-order valence-electron chi connectivity index (χ2n) is 7.47. The van der Waals surface area contributed by atoms with Crippen LogP contribution in [-0.4, -0.2) is 41.6 Å². The van der Waals surface area contributed by atoms with E-state index >= 15 is 0 Å². The molecule has 33 heavy (non-hydrogen) atoms. The highest BCUT2D eigenvalue weighted by atomic mass is 35.5. The van der Waals surface area contributed by atoms with Crippen molar-refractivity contribution in [3.63, 3.8) is 0 Å². The first-order valence-corrected chi connectivity index (χ1v) is 11.0. The van der Waals surface area contributed by atoms with Crippen molar-refractivity contribution < 1.29 is 18.3 Å². The van der Waals surface area contributed by atoms with Crippen LogP contribution in [0.1, 0.15) is 37.8 Å². The second-order valence-corrected chi connectivity index (χ2v) is 8.73. The molecule has 0 spiro atoms. The number of thioether (sulfide) groups is 1. The summed E-state index contributed by atoms with van der Waals surface area (Å²) in [6.45, 7) is 3.80. The van der Waals surface area contributed by atoms with Gasteiger partial charge in [0.1, 0.15) is 27.7 Å². The zero-order valence-corrected chi connectivity index (χ0v) is 20.2. The van der Waals surface area contributed by atoms with Crippen LogP contribution in [0.3, 0.4) is 0 Å². The third-order valence-corrected chi connectivity index (χ3v) is 6.62. The summed E-state index contributed by atoms with van der Waals surface area (Å²) in [6.07, 6.45) is 0.298. The molecule has 1 aliphatic heterocycles. The Labute approximate surface area is 202 Å². The van der Waals surface area contributed by atoms with Gasteiger partial charge in [0, 0.05) is 19.2 Å². The maximum atomic E-state index is 14.6. The number of halogens is 3. The monoisotopic (exact) mass is 496 g/mol. The molecule has 0 radical (unpaired) electrons. The van der Waals surface area contributed by atoms with Gasteiger partial charge in [-0.25, -0.2) is 13.8 Å². The summed E-state index contributed by atoms with van der Waals surface area (Å²) in [7, 11) is 1.43. The molecule has 0 unspecified atom stereocenters. The summed E-state index contributed by atoms with van der Waals surface area (Å²) in [5.74, 6) is -1.24. The minimum Gasteiger partial charge on any atom is -0.374 e. The highest BCUT2D eigenvalue weighted by Gasteiger charge is 2.49. The van der Waals surface area contributed by atoms with Gasteiger partial charge in [-0.15, -0.1) is 12.4 Å². The van der Waals surface area contributed by atoms with Crippen LogP contribution in [0.15, 0.2) is 53.6 Å². The molecule has 178 valence electrons. The SMILES string of the molecule is CO[C@@H](C)C(=O)N1N=C(c2cc(F)ccc2F)S[C@]1(CCCNC(C)=N)c1ccccc1.Cl. The van der Waals surface area contributed by atoms with Crippen LogP contribution in [0.4, 0.5) is 8.78 Å². The second kappa shape index (κ2) is 11.6. The lowest BCUT2D eigenvalue weighted by molar-refractivity contribution is -0.144. The largest absolute Gasteiger partial charge is 0.374 e. The standard InChI is InChI=1S/C23H26F2N4O2S.ClH/c1-15(31-3)22(30)29-23(12-7-13-27-16(2)26,17-8-5-4-6-9-17)32-21(28-29)19-14-18(24)10-11-20(19)25;/h4-6,8-11,14-15H,7,12-13H2,1-3H3,(H2,26,27);1H/t15-,23+;/m0./s1. The number of rotatable bonds is 8. The van der Waals surface area contributed by atoms with E-state index in [4.69, 9.17) is 10.1 Å². The highest BCUT2D eigenvalue weighted by Crippen LogP contribution is 2.50. The molecule has 0 aliphatic carbocycles. The first kappa shape index (κ1) is 26.8. The average Bonchev–Trinajstić information content (AvgIpc) is 3.18. The smallest absolute Gasteiger partial charge is 0.273 e. The number of ether oxygens (including phenoxy) is 1. The zero-order chi connectivity index (χ0) is 23.3. The Kier molecular flexibility index (Phi) is 9.39. The Morgan fingerprint density at radius 1 is 1.27 bits per heavy atom. The predicted molar refractivity (Wildman–Crippen MR) is 130 cm³/mol. The van der Waals surface area contributed by atoms with E-state index < -0.39 is 22.6 Å². The average molecular weight is 497 g/mol. The van der Waals surface area contributed by atoms with E-state index in [1.807, 2.05) is 30.3 Å². The molecule has 0 aromatic heterocycles. The number of amidine groups is 1. The Morgan fingerprint density at radius 2 is 1.97 bits per heavy atom. The number of nitrogens with zero attached hydrogens (tertiary/aromatic N) is 2. The maximum Gasteiger partial charge on any atom is 0.273 e. The molecule has 0 saturated carbocycles. The quantitative estimate of drug-likeness (QED) is 0.310. The molecular formula is C23H27ClF2N4O2S. The summed E-state index contributed by atoms with van der Waals surface area (Å²) in [6, 6.07) is 12.6. The number of hydrogen-bond donors (Lipinski definition) is 2. The van der Waals surface area contributed by atoms with E-state index in [1.54, 1.807) is 13.8 Å². The van der Waals surface area contributed by atoms with Crippen LogP contribution >= 0.6 is 24.2 Å². The topological polar surface area (TPSA) is 77.8 Å². The van der Waals surface area contributed by atoms with Gasteiger partial charge < -0.3 is 10.1 Å². The van der Waals surface area contributed by atoms with Crippen LogP contribution in [0.25, 0.3) is 0 Å². The number of methoxy groups -OCH3 is 1. The predicted octanol–water partition coefficient (Wildman–Crippen LogP) is 4.88. The van der Waals surface area contributed by atoms with Crippen molar-refractivity contribution in [2.24, 2.45) is 5.10 Å². The van der Waals surface area contributed by atoms with Gasteiger partial charge in [0.25, 0.3) is 5.91 Å². The Bertz CT molecular complexity index is 1020. The Morgan fingerprint density at radius 3 is 2.61 bits per heavy atom. The number of carbonyl (C=O) groups excluding carboxylic acids is 1. The molecule has 3 rings (SSSR count). The highest BCUT2D eigenvalue weighted by molar-refractivity contribution is 8.15. The molecule has 1 aliphatic rings. The van der Waals surface area contributed by atoms with Crippen molar-refractivity contribution in [2.45, 2.75) is 37.7 Å². The van der Waals surface area contributed by atoms with Gasteiger partial charge in [-0.05, 0) is 50.5 Å². The van der Waals surface area contributed by atoms with Crippen molar-refractivity contribution >= 4 is 41.0 Å². The minimum absolute atomic E-state index is 0. The molecule has 2 aromatic carbocycles. The first-order chi connectivity index (χ1) is 15.3. The molecule has 0 fully saturated rings. The fourth-order valence-corrected chi connectivity index (χ4v) is 4.88. The molecule has 10 heteroatoms. The number of hydrogen-bond acceptors (Lipinski definition) is 5. The van der Waals surface area contributed by atoms with E-state index in [1.165, 1.54) is 23.9 Å². The molecule has 2 N–H and O–H groups in total. The Balaban J connectivity index is 0.00000385. The fraction of sp³-hybridized carbons (Fsp3) is 0.348. The summed E-state index contributed by atoms with van der Waals surface area (Å²) in [4.78, 5) is 12.3. The first-order valence-electron chi connectivity index (χ1n) is 10.2. The van der Waals surface area contributed by atoms with Crippen molar-refractivity contribution in [2.75, 3.05) is 13.7 Å². The molecular weight excluding hydrogens is 470 g/mol. The van der Waals surface area contributed by atoms with Crippen LogP contribution in [0, 0.1) is 17.0 Å².